The van der Waals surface area contributed by atoms with Crippen molar-refractivity contribution in [1.82, 2.24) is 0 Å². The number of hydrogen-bond donors (Lipinski definition) is 1. The normalized spacial score (nSPS) is 10.2. The number of aryl methyl sites for hydroxylation is 1. The van der Waals surface area contributed by atoms with Gasteiger partial charge in [-0.25, -0.2) is 0 Å². The molecule has 0 radical (unpaired) electrons. The van der Waals surface area contributed by atoms with Crippen molar-refractivity contribution in [2.24, 2.45) is 0 Å². The van der Waals surface area contributed by atoms with Crippen LogP contribution < -0.4 is 4.74 Å². The predicted octanol–water partition coefficient (Wildman–Crippen LogP) is 6.92. The molecule has 1 N–H and O–H groups in total. The summed E-state index contributed by atoms with van der Waals surface area (Å²) in [7, 11) is 0. The molecular formula is C32H40O6. The summed E-state index contributed by atoms with van der Waals surface area (Å²) in [5, 5.41) is 10.3. The Morgan fingerprint density at radius 1 is 0.763 bits per heavy atom. The van der Waals surface area contributed by atoms with Gasteiger partial charge in [-0.05, 0) is 89.1 Å². The van der Waals surface area contributed by atoms with Crippen LogP contribution in [0.5, 0.6) is 11.5 Å². The van der Waals surface area contributed by atoms with Crippen molar-refractivity contribution in [3.63, 3.8) is 0 Å². The van der Waals surface area contributed by atoms with E-state index in [4.69, 9.17) is 4.74 Å². The molecular weight excluding hydrogens is 480 g/mol. The summed E-state index contributed by atoms with van der Waals surface area (Å²) in [6.07, 6.45) is 5.26. The molecule has 0 saturated carbocycles. The van der Waals surface area contributed by atoms with Crippen molar-refractivity contribution in [1.29, 1.82) is 0 Å². The summed E-state index contributed by atoms with van der Waals surface area (Å²) in [5.41, 5.74) is 5.64. The third kappa shape index (κ3) is 6.94. The van der Waals surface area contributed by atoms with E-state index < -0.39 is 0 Å². The zero-order valence-corrected chi connectivity index (χ0v) is 24.0. The molecule has 6 nitrogen and oxygen atoms in total. The van der Waals surface area contributed by atoms with Crippen molar-refractivity contribution in [3.05, 3.63) is 81.4 Å². The summed E-state index contributed by atoms with van der Waals surface area (Å²) in [5.74, 6) is -0.354. The third-order valence-electron chi connectivity index (χ3n) is 6.47. The van der Waals surface area contributed by atoms with Gasteiger partial charge in [0.15, 0.2) is 23.1 Å². The van der Waals surface area contributed by atoms with E-state index in [2.05, 4.69) is 13.2 Å². The van der Waals surface area contributed by atoms with E-state index in [1.165, 1.54) is 27.7 Å². The molecule has 0 atom stereocenters. The SMILES string of the molecule is C=CCOc1cc(CC)c(C)c(C(C)=O)c1C(C)=O.C=CCc1c(O)c(C(C)=O)c(C(C)=O)c(C)c1CC. The topological polar surface area (TPSA) is 97.7 Å². The van der Waals surface area contributed by atoms with Crippen molar-refractivity contribution >= 4 is 23.1 Å². The molecule has 0 aliphatic rings. The highest BCUT2D eigenvalue weighted by Gasteiger charge is 2.25. The highest BCUT2D eigenvalue weighted by atomic mass is 16.5. The third-order valence-corrected chi connectivity index (χ3v) is 6.47. The second-order valence-corrected chi connectivity index (χ2v) is 9.11. The fraction of sp³-hybridized carbons (Fsp3) is 0.375. The van der Waals surface area contributed by atoms with Gasteiger partial charge in [0.25, 0.3) is 0 Å². The van der Waals surface area contributed by atoms with Gasteiger partial charge >= 0.3 is 0 Å². The molecule has 0 bridgehead atoms. The van der Waals surface area contributed by atoms with Crippen LogP contribution >= 0.6 is 0 Å². The van der Waals surface area contributed by atoms with E-state index in [9.17, 15) is 24.3 Å². The lowest BCUT2D eigenvalue weighted by Crippen LogP contribution is -2.12. The minimum absolute atomic E-state index is 0.0694. The summed E-state index contributed by atoms with van der Waals surface area (Å²) in [6.45, 7) is 21.0. The van der Waals surface area contributed by atoms with Gasteiger partial charge in [0.05, 0.1) is 11.1 Å². The van der Waals surface area contributed by atoms with Gasteiger partial charge in [-0.2, -0.15) is 0 Å². The molecule has 0 saturated heterocycles. The van der Waals surface area contributed by atoms with Gasteiger partial charge in [-0.3, -0.25) is 19.2 Å². The highest BCUT2D eigenvalue weighted by molar-refractivity contribution is 6.11. The number of aromatic hydroxyl groups is 1. The molecule has 0 heterocycles. The number of carbonyl (C=O) groups is 4. The Bertz CT molecular complexity index is 1280. The molecule has 38 heavy (non-hydrogen) atoms. The number of ether oxygens (including phenoxy) is 1. The Hall–Kier alpha value is -3.80. The molecule has 0 unspecified atom stereocenters. The number of phenols is 1. The smallest absolute Gasteiger partial charge is 0.164 e. The first kappa shape index (κ1) is 32.2. The Labute approximate surface area is 226 Å². The molecule has 2 rings (SSSR count). The lowest BCUT2D eigenvalue weighted by atomic mass is 9.86. The van der Waals surface area contributed by atoms with Gasteiger partial charge in [0, 0.05) is 16.7 Å². The standard InChI is InChI=1S/2C16H20O3/c1-6-8-19-14-9-13(7-2)10(3)15(11(4)17)16(14)12(5)18;1-6-8-13-12(7-2)9(3)14(10(4)17)15(11(5)18)16(13)19/h6,9H,1,7-8H2,2-5H3;6,19H,1,7-8H2,2-5H3. The average molecular weight is 521 g/mol. The van der Waals surface area contributed by atoms with Crippen molar-refractivity contribution < 1.29 is 29.0 Å². The van der Waals surface area contributed by atoms with Crippen LogP contribution in [0.2, 0.25) is 0 Å². The van der Waals surface area contributed by atoms with Crippen molar-refractivity contribution in [2.75, 3.05) is 6.61 Å². The average Bonchev–Trinajstić information content (AvgIpc) is 2.84. The van der Waals surface area contributed by atoms with Crippen LogP contribution in [0.25, 0.3) is 0 Å². The number of phenolic OH excluding ortho intramolecular Hbond substituents is 1. The first-order chi connectivity index (χ1) is 17.8. The second-order valence-electron chi connectivity index (χ2n) is 9.11. The Morgan fingerprint density at radius 2 is 1.26 bits per heavy atom. The maximum Gasteiger partial charge on any atom is 0.164 e. The number of carbonyl (C=O) groups excluding carboxylic acids is 4. The van der Waals surface area contributed by atoms with Gasteiger partial charge < -0.3 is 9.84 Å². The zero-order valence-electron chi connectivity index (χ0n) is 24.0. The van der Waals surface area contributed by atoms with Gasteiger partial charge in [0.1, 0.15) is 18.1 Å². The van der Waals surface area contributed by atoms with Crippen LogP contribution in [-0.2, 0) is 19.3 Å². The van der Waals surface area contributed by atoms with Gasteiger partial charge in [-0.15, -0.1) is 6.58 Å². The minimum Gasteiger partial charge on any atom is -0.507 e. The fourth-order valence-corrected chi connectivity index (χ4v) is 4.83. The molecule has 0 aliphatic carbocycles. The summed E-state index contributed by atoms with van der Waals surface area (Å²) in [4.78, 5) is 47.3. The van der Waals surface area contributed by atoms with Crippen LogP contribution in [0.4, 0.5) is 0 Å². The van der Waals surface area contributed by atoms with Crippen molar-refractivity contribution in [3.8, 4) is 11.5 Å². The van der Waals surface area contributed by atoms with E-state index in [1.807, 2.05) is 33.8 Å². The molecule has 0 fully saturated rings. The predicted molar refractivity (Wildman–Crippen MR) is 152 cm³/mol. The molecule has 2 aromatic carbocycles. The molecule has 0 spiro atoms. The molecule has 2 aromatic rings. The maximum absolute atomic E-state index is 11.9. The van der Waals surface area contributed by atoms with Crippen molar-refractivity contribution in [2.45, 2.75) is 74.7 Å². The first-order valence-corrected chi connectivity index (χ1v) is 12.7. The summed E-state index contributed by atoms with van der Waals surface area (Å²) >= 11 is 0. The quantitative estimate of drug-likeness (QED) is 0.255. The lowest BCUT2D eigenvalue weighted by molar-refractivity contribution is 0.0977. The Kier molecular flexibility index (Phi) is 12.1. The molecule has 0 aromatic heterocycles. The number of benzene rings is 2. The summed E-state index contributed by atoms with van der Waals surface area (Å²) in [6, 6.07) is 1.85. The zero-order chi connectivity index (χ0) is 29.3. The van der Waals surface area contributed by atoms with Crippen LogP contribution in [-0.4, -0.2) is 34.8 Å². The Morgan fingerprint density at radius 3 is 1.66 bits per heavy atom. The minimum atomic E-state index is -0.293. The van der Waals surface area contributed by atoms with Gasteiger partial charge in [-0.1, -0.05) is 32.6 Å². The van der Waals surface area contributed by atoms with E-state index >= 15 is 0 Å². The number of ketones is 4. The van der Waals surface area contributed by atoms with Crippen LogP contribution in [0, 0.1) is 13.8 Å². The molecule has 6 heteroatoms. The van der Waals surface area contributed by atoms with E-state index in [-0.39, 0.29) is 34.4 Å². The number of Topliss-reactive ketones (excluding diaryl/α,β-unsaturated/α-hetero) is 4. The lowest BCUT2D eigenvalue weighted by Gasteiger charge is -2.19. The van der Waals surface area contributed by atoms with E-state index in [1.54, 1.807) is 12.2 Å². The number of rotatable bonds is 11. The fourth-order valence-electron chi connectivity index (χ4n) is 4.83. The van der Waals surface area contributed by atoms with E-state index in [0.29, 0.717) is 47.5 Å². The molecule has 0 amide bonds. The van der Waals surface area contributed by atoms with E-state index in [0.717, 1.165) is 28.7 Å². The summed E-state index contributed by atoms with van der Waals surface area (Å²) < 4.78 is 5.54. The Balaban J connectivity index is 0.000000380. The number of allylic oxidation sites excluding steroid dienone is 1. The second kappa shape index (κ2) is 14.2. The van der Waals surface area contributed by atoms with Gasteiger partial charge in [0.2, 0.25) is 0 Å². The first-order valence-electron chi connectivity index (χ1n) is 12.7. The maximum atomic E-state index is 11.9. The largest absolute Gasteiger partial charge is 0.507 e. The monoisotopic (exact) mass is 520 g/mol. The highest BCUT2D eigenvalue weighted by Crippen LogP contribution is 2.35. The van der Waals surface area contributed by atoms with Crippen LogP contribution in [0.1, 0.15) is 111 Å². The van der Waals surface area contributed by atoms with Crippen LogP contribution in [0.3, 0.4) is 0 Å². The van der Waals surface area contributed by atoms with Crippen LogP contribution in [0.15, 0.2) is 31.4 Å². The molecule has 0 aliphatic heterocycles. The molecule has 204 valence electrons. The number of hydrogen-bond acceptors (Lipinski definition) is 6.